The number of nitrogens with one attached hydrogen (secondary N) is 1. The van der Waals surface area contributed by atoms with Gasteiger partial charge in [-0.2, -0.15) is 0 Å². The number of benzene rings is 1. The van der Waals surface area contributed by atoms with Gasteiger partial charge < -0.3 is 5.11 Å². The Hall–Kier alpha value is -0.860. The van der Waals surface area contributed by atoms with Crippen molar-refractivity contribution in [3.63, 3.8) is 0 Å². The van der Waals surface area contributed by atoms with Crippen molar-refractivity contribution in [2.24, 2.45) is 5.92 Å². The third-order valence-corrected chi connectivity index (χ3v) is 3.64. The minimum Gasteiger partial charge on any atom is -0.378 e. The maximum Gasteiger partial charge on any atom is 0.112 e. The fraction of sp³-hybridized carbons (Fsp3) is 0.500. The van der Waals surface area contributed by atoms with E-state index >= 15 is 0 Å². The zero-order chi connectivity index (χ0) is 9.54. The van der Waals surface area contributed by atoms with Gasteiger partial charge in [-0.3, -0.25) is 5.32 Å². The van der Waals surface area contributed by atoms with E-state index in [1.54, 1.807) is 0 Å². The lowest BCUT2D eigenvalue weighted by Gasteiger charge is -2.28. The molecule has 14 heavy (non-hydrogen) atoms. The van der Waals surface area contributed by atoms with Crippen LogP contribution in [0.4, 0.5) is 0 Å². The third kappa shape index (κ3) is 1.11. The summed E-state index contributed by atoms with van der Waals surface area (Å²) in [4.78, 5) is 0. The molecule has 0 radical (unpaired) electrons. The number of fused-ring (bicyclic) bond motifs is 3. The summed E-state index contributed by atoms with van der Waals surface area (Å²) in [6.07, 6.45) is 2.05. The van der Waals surface area contributed by atoms with Gasteiger partial charge in [0.2, 0.25) is 0 Å². The summed E-state index contributed by atoms with van der Waals surface area (Å²) < 4.78 is 0. The first-order chi connectivity index (χ1) is 6.86. The number of hydrogen-bond donors (Lipinski definition) is 2. The van der Waals surface area contributed by atoms with Gasteiger partial charge in [-0.05, 0) is 29.9 Å². The molecule has 1 heterocycles. The van der Waals surface area contributed by atoms with Crippen LogP contribution in [0.3, 0.4) is 0 Å². The van der Waals surface area contributed by atoms with Crippen molar-refractivity contribution in [1.29, 1.82) is 0 Å². The Bertz CT molecular complexity index is 350. The molecular formula is C12H15NO. The Morgan fingerprint density at radius 1 is 1.29 bits per heavy atom. The number of aryl methyl sites for hydroxylation is 1. The second-order valence-corrected chi connectivity index (χ2v) is 4.38. The fourth-order valence-electron chi connectivity index (χ4n) is 2.92. The molecule has 0 bridgehead atoms. The second-order valence-electron chi connectivity index (χ2n) is 4.38. The average molecular weight is 189 g/mol. The molecule has 1 aliphatic carbocycles. The van der Waals surface area contributed by atoms with E-state index in [0.717, 1.165) is 6.54 Å². The van der Waals surface area contributed by atoms with Gasteiger partial charge in [-0.25, -0.2) is 0 Å². The van der Waals surface area contributed by atoms with Gasteiger partial charge in [0.25, 0.3) is 0 Å². The van der Waals surface area contributed by atoms with Crippen LogP contribution in [0.1, 0.15) is 23.5 Å². The van der Waals surface area contributed by atoms with E-state index in [0.29, 0.717) is 11.8 Å². The minimum atomic E-state index is -0.332. The van der Waals surface area contributed by atoms with Crippen molar-refractivity contribution < 1.29 is 5.11 Å². The first-order valence-corrected chi connectivity index (χ1v) is 5.35. The predicted molar refractivity (Wildman–Crippen MR) is 55.0 cm³/mol. The molecule has 0 aromatic heterocycles. The van der Waals surface area contributed by atoms with Crippen molar-refractivity contribution in [1.82, 2.24) is 5.32 Å². The number of hydrogen-bond acceptors (Lipinski definition) is 2. The third-order valence-electron chi connectivity index (χ3n) is 3.64. The smallest absolute Gasteiger partial charge is 0.112 e. The lowest BCUT2D eigenvalue weighted by molar-refractivity contribution is 0.131. The van der Waals surface area contributed by atoms with Gasteiger partial charge in [0.15, 0.2) is 0 Å². The number of aliphatic hydroxyl groups is 1. The summed E-state index contributed by atoms with van der Waals surface area (Å²) in [5.41, 5.74) is 2.79. The van der Waals surface area contributed by atoms with Crippen LogP contribution in [0, 0.1) is 5.92 Å². The largest absolute Gasteiger partial charge is 0.378 e. The van der Waals surface area contributed by atoms with E-state index in [2.05, 4.69) is 29.6 Å². The van der Waals surface area contributed by atoms with E-state index in [-0.39, 0.29) is 6.23 Å². The lowest BCUT2D eigenvalue weighted by atomic mass is 9.76. The highest BCUT2D eigenvalue weighted by Gasteiger charge is 2.38. The molecule has 1 fully saturated rings. The van der Waals surface area contributed by atoms with Crippen LogP contribution in [0.5, 0.6) is 0 Å². The zero-order valence-electron chi connectivity index (χ0n) is 8.11. The number of aliphatic hydroxyl groups excluding tert-OH is 1. The quantitative estimate of drug-likeness (QED) is 0.644. The van der Waals surface area contributed by atoms with E-state index in [9.17, 15) is 5.11 Å². The van der Waals surface area contributed by atoms with E-state index in [4.69, 9.17) is 0 Å². The summed E-state index contributed by atoms with van der Waals surface area (Å²) in [7, 11) is 0. The highest BCUT2D eigenvalue weighted by Crippen LogP contribution is 2.40. The topological polar surface area (TPSA) is 32.3 Å². The lowest BCUT2D eigenvalue weighted by Crippen LogP contribution is -2.27. The monoisotopic (exact) mass is 189 g/mol. The molecule has 3 unspecified atom stereocenters. The van der Waals surface area contributed by atoms with Crippen molar-refractivity contribution in [3.8, 4) is 0 Å². The Kier molecular flexibility index (Phi) is 1.85. The van der Waals surface area contributed by atoms with Gasteiger partial charge in [-0.15, -0.1) is 0 Å². The molecule has 2 N–H and O–H groups in total. The van der Waals surface area contributed by atoms with Gasteiger partial charge >= 0.3 is 0 Å². The van der Waals surface area contributed by atoms with Crippen molar-refractivity contribution in [2.75, 3.05) is 6.54 Å². The minimum absolute atomic E-state index is 0.332. The Morgan fingerprint density at radius 3 is 3.07 bits per heavy atom. The standard InChI is InChI=1S/C12H15NO/c14-12-11-9(7-13-12)6-5-8-3-1-2-4-10(8)11/h1-4,9,11-14H,5-7H2. The van der Waals surface area contributed by atoms with Gasteiger partial charge in [-0.1, -0.05) is 24.3 Å². The molecular weight excluding hydrogens is 174 g/mol. The Labute approximate surface area is 84.0 Å². The van der Waals surface area contributed by atoms with E-state index < -0.39 is 0 Å². The molecule has 2 aliphatic rings. The normalized spacial score (nSPS) is 35.1. The Balaban J connectivity index is 2.07. The summed E-state index contributed by atoms with van der Waals surface area (Å²) >= 11 is 0. The summed E-state index contributed by atoms with van der Waals surface area (Å²) in [5, 5.41) is 13.0. The van der Waals surface area contributed by atoms with Crippen LogP contribution >= 0.6 is 0 Å². The van der Waals surface area contributed by atoms with E-state index in [1.807, 2.05) is 0 Å². The molecule has 3 rings (SSSR count). The highest BCUT2D eigenvalue weighted by molar-refractivity contribution is 5.35. The molecule has 2 nitrogen and oxygen atoms in total. The summed E-state index contributed by atoms with van der Waals surface area (Å²) in [5.74, 6) is 0.972. The molecule has 1 aliphatic heterocycles. The zero-order valence-corrected chi connectivity index (χ0v) is 8.11. The fourth-order valence-corrected chi connectivity index (χ4v) is 2.92. The molecule has 0 amide bonds. The van der Waals surface area contributed by atoms with Gasteiger partial charge in [0.05, 0.1) is 0 Å². The average Bonchev–Trinajstić information content (AvgIpc) is 2.61. The van der Waals surface area contributed by atoms with Crippen molar-refractivity contribution >= 4 is 0 Å². The summed E-state index contributed by atoms with van der Waals surface area (Å²) in [6, 6.07) is 8.53. The van der Waals surface area contributed by atoms with Crippen LogP contribution in [0.15, 0.2) is 24.3 Å². The molecule has 0 saturated carbocycles. The molecule has 3 atom stereocenters. The summed E-state index contributed by atoms with van der Waals surface area (Å²) in [6.45, 7) is 0.972. The van der Waals surface area contributed by atoms with Crippen LogP contribution in [0.25, 0.3) is 0 Å². The van der Waals surface area contributed by atoms with Crippen LogP contribution < -0.4 is 5.32 Å². The first kappa shape index (κ1) is 8.45. The maximum absolute atomic E-state index is 9.86. The van der Waals surface area contributed by atoms with Crippen LogP contribution in [0.2, 0.25) is 0 Å². The maximum atomic E-state index is 9.86. The molecule has 1 aromatic rings. The van der Waals surface area contributed by atoms with Gasteiger partial charge in [0, 0.05) is 12.5 Å². The van der Waals surface area contributed by atoms with Crippen LogP contribution in [-0.2, 0) is 6.42 Å². The molecule has 1 aromatic carbocycles. The molecule has 1 saturated heterocycles. The second kappa shape index (κ2) is 3.07. The van der Waals surface area contributed by atoms with Crippen molar-refractivity contribution in [2.45, 2.75) is 25.0 Å². The van der Waals surface area contributed by atoms with Gasteiger partial charge in [0.1, 0.15) is 6.23 Å². The predicted octanol–water partition coefficient (Wildman–Crippen LogP) is 1.25. The van der Waals surface area contributed by atoms with Crippen LogP contribution in [-0.4, -0.2) is 17.9 Å². The van der Waals surface area contributed by atoms with Crippen molar-refractivity contribution in [3.05, 3.63) is 35.4 Å². The first-order valence-electron chi connectivity index (χ1n) is 5.35. The molecule has 74 valence electrons. The van der Waals surface area contributed by atoms with E-state index in [1.165, 1.54) is 24.0 Å². The Morgan fingerprint density at radius 2 is 2.14 bits per heavy atom. The molecule has 2 heteroatoms. The SMILES string of the molecule is OC1NCC2CCc3ccccc3C21. The molecule has 0 spiro atoms. The highest BCUT2D eigenvalue weighted by atomic mass is 16.3. The number of rotatable bonds is 0.